The number of anilines is 3. The van der Waals surface area contributed by atoms with Gasteiger partial charge >= 0.3 is 0 Å². The molecule has 1 aliphatic rings. The molecule has 134 valence electrons. The third kappa shape index (κ3) is 3.72. The molecule has 6 nitrogen and oxygen atoms in total. The molecule has 0 aliphatic carbocycles. The molecule has 1 fully saturated rings. The monoisotopic (exact) mass is 360 g/mol. The van der Waals surface area contributed by atoms with Crippen molar-refractivity contribution in [3.63, 3.8) is 0 Å². The summed E-state index contributed by atoms with van der Waals surface area (Å²) < 4.78 is 27.0. The van der Waals surface area contributed by atoms with Gasteiger partial charge in [0, 0.05) is 26.7 Å². The van der Waals surface area contributed by atoms with Crippen molar-refractivity contribution < 1.29 is 8.42 Å². The van der Waals surface area contributed by atoms with Gasteiger partial charge in [0.05, 0.1) is 22.0 Å². The molecular weight excluding hydrogens is 336 g/mol. The maximum atomic E-state index is 12.9. The van der Waals surface area contributed by atoms with Crippen LogP contribution in [0.5, 0.6) is 0 Å². The van der Waals surface area contributed by atoms with E-state index in [1.807, 2.05) is 24.3 Å². The van der Waals surface area contributed by atoms with Gasteiger partial charge in [-0.15, -0.1) is 0 Å². The number of nitrogen functional groups attached to an aromatic ring is 1. The zero-order valence-corrected chi connectivity index (χ0v) is 15.2. The van der Waals surface area contributed by atoms with Crippen LogP contribution in [0.4, 0.5) is 17.1 Å². The predicted molar refractivity (Wildman–Crippen MR) is 103 cm³/mol. The Labute approximate surface area is 149 Å². The number of nitrogens with two attached hydrogens (primary N) is 1. The van der Waals surface area contributed by atoms with E-state index in [4.69, 9.17) is 5.73 Å². The molecule has 2 aromatic carbocycles. The van der Waals surface area contributed by atoms with Crippen molar-refractivity contribution in [1.82, 2.24) is 5.32 Å². The minimum Gasteiger partial charge on any atom is -0.397 e. The summed E-state index contributed by atoms with van der Waals surface area (Å²) in [5, 5.41) is 3.35. The van der Waals surface area contributed by atoms with Crippen LogP contribution in [0.15, 0.2) is 53.4 Å². The van der Waals surface area contributed by atoms with E-state index in [1.165, 1.54) is 4.31 Å². The SMILES string of the molecule is CN(c1ccccc1)S(=O)(=O)c1ccc(N2CCCNCC2)c(N)c1. The average Bonchev–Trinajstić information content (AvgIpc) is 2.91. The fourth-order valence-electron chi connectivity index (χ4n) is 3.00. The number of sulfonamides is 1. The summed E-state index contributed by atoms with van der Waals surface area (Å²) in [6.45, 7) is 3.66. The Morgan fingerprint density at radius 2 is 1.84 bits per heavy atom. The molecular formula is C18H24N4O2S. The molecule has 1 saturated heterocycles. The number of para-hydroxylation sites is 1. The Hall–Kier alpha value is -2.25. The van der Waals surface area contributed by atoms with Crippen LogP contribution in [0.3, 0.4) is 0 Å². The van der Waals surface area contributed by atoms with Crippen molar-refractivity contribution in [3.05, 3.63) is 48.5 Å². The van der Waals surface area contributed by atoms with Crippen molar-refractivity contribution in [2.24, 2.45) is 0 Å². The fraction of sp³-hybridized carbons (Fsp3) is 0.333. The molecule has 0 radical (unpaired) electrons. The van der Waals surface area contributed by atoms with Gasteiger partial charge in [-0.2, -0.15) is 0 Å². The molecule has 0 spiro atoms. The van der Waals surface area contributed by atoms with Gasteiger partial charge in [0.15, 0.2) is 0 Å². The molecule has 0 atom stereocenters. The number of hydrogen-bond donors (Lipinski definition) is 2. The predicted octanol–water partition coefficient (Wildman–Crippen LogP) is 1.89. The summed E-state index contributed by atoms with van der Waals surface area (Å²) in [5.74, 6) is 0. The fourth-order valence-corrected chi connectivity index (χ4v) is 4.23. The van der Waals surface area contributed by atoms with Gasteiger partial charge in [-0.1, -0.05) is 18.2 Å². The van der Waals surface area contributed by atoms with E-state index >= 15 is 0 Å². The third-order valence-corrected chi connectivity index (χ3v) is 6.24. The van der Waals surface area contributed by atoms with Gasteiger partial charge < -0.3 is 16.0 Å². The molecule has 2 aromatic rings. The molecule has 0 aromatic heterocycles. The highest BCUT2D eigenvalue weighted by molar-refractivity contribution is 7.92. The van der Waals surface area contributed by atoms with Gasteiger partial charge in [0.1, 0.15) is 0 Å². The number of benzene rings is 2. The molecule has 0 amide bonds. The Bertz CT molecular complexity index is 816. The molecule has 0 bridgehead atoms. The first-order valence-corrected chi connectivity index (χ1v) is 9.83. The van der Waals surface area contributed by atoms with Crippen LogP contribution in [-0.4, -0.2) is 41.6 Å². The quantitative estimate of drug-likeness (QED) is 0.814. The van der Waals surface area contributed by atoms with Crippen molar-refractivity contribution in [1.29, 1.82) is 0 Å². The van der Waals surface area contributed by atoms with Crippen LogP contribution in [-0.2, 0) is 10.0 Å². The first-order valence-electron chi connectivity index (χ1n) is 8.39. The van der Waals surface area contributed by atoms with E-state index in [0.29, 0.717) is 11.4 Å². The lowest BCUT2D eigenvalue weighted by Gasteiger charge is -2.25. The van der Waals surface area contributed by atoms with Gasteiger partial charge in [-0.05, 0) is 43.3 Å². The van der Waals surface area contributed by atoms with Crippen LogP contribution in [0, 0.1) is 0 Å². The second-order valence-electron chi connectivity index (χ2n) is 6.12. The van der Waals surface area contributed by atoms with Crippen LogP contribution in [0.2, 0.25) is 0 Å². The topological polar surface area (TPSA) is 78.7 Å². The summed E-state index contributed by atoms with van der Waals surface area (Å²) in [5.41, 5.74) is 8.19. The normalized spacial score (nSPS) is 15.6. The summed E-state index contributed by atoms with van der Waals surface area (Å²) in [4.78, 5) is 2.40. The Morgan fingerprint density at radius 1 is 1.08 bits per heavy atom. The first-order chi connectivity index (χ1) is 12.0. The number of nitrogens with one attached hydrogen (secondary N) is 1. The zero-order valence-electron chi connectivity index (χ0n) is 14.4. The minimum absolute atomic E-state index is 0.202. The molecule has 25 heavy (non-hydrogen) atoms. The minimum atomic E-state index is -3.65. The third-order valence-electron chi connectivity index (χ3n) is 4.46. The van der Waals surface area contributed by atoms with Crippen LogP contribution in [0.1, 0.15) is 6.42 Å². The van der Waals surface area contributed by atoms with Crippen molar-refractivity contribution >= 4 is 27.1 Å². The highest BCUT2D eigenvalue weighted by Crippen LogP contribution is 2.29. The maximum absolute atomic E-state index is 12.9. The van der Waals surface area contributed by atoms with Gasteiger partial charge in [0.25, 0.3) is 10.0 Å². The molecule has 0 unspecified atom stereocenters. The number of nitrogens with zero attached hydrogens (tertiary/aromatic N) is 2. The summed E-state index contributed by atoms with van der Waals surface area (Å²) in [6.07, 6.45) is 1.04. The maximum Gasteiger partial charge on any atom is 0.264 e. The molecule has 7 heteroatoms. The molecule has 0 saturated carbocycles. The van der Waals surface area contributed by atoms with Gasteiger partial charge in [-0.3, -0.25) is 4.31 Å². The highest BCUT2D eigenvalue weighted by Gasteiger charge is 2.23. The van der Waals surface area contributed by atoms with Crippen molar-refractivity contribution in [2.75, 3.05) is 48.2 Å². The van der Waals surface area contributed by atoms with E-state index in [0.717, 1.165) is 38.3 Å². The van der Waals surface area contributed by atoms with Crippen LogP contribution in [0.25, 0.3) is 0 Å². The smallest absolute Gasteiger partial charge is 0.264 e. The lowest BCUT2D eigenvalue weighted by Crippen LogP contribution is -2.29. The number of rotatable bonds is 4. The first kappa shape index (κ1) is 17.6. The van der Waals surface area contributed by atoms with Crippen molar-refractivity contribution in [2.45, 2.75) is 11.3 Å². The van der Waals surface area contributed by atoms with Gasteiger partial charge in [0.2, 0.25) is 0 Å². The largest absolute Gasteiger partial charge is 0.397 e. The van der Waals surface area contributed by atoms with E-state index in [9.17, 15) is 8.42 Å². The molecule has 3 rings (SSSR count). The van der Waals surface area contributed by atoms with E-state index in [2.05, 4.69) is 10.2 Å². The standard InChI is InChI=1S/C18H24N4O2S/c1-21(15-6-3-2-4-7-15)25(23,24)16-8-9-18(17(19)14-16)22-12-5-10-20-11-13-22/h2-4,6-9,14,20H,5,10-13,19H2,1H3. The second-order valence-corrected chi connectivity index (χ2v) is 8.09. The lowest BCUT2D eigenvalue weighted by atomic mass is 10.2. The molecule has 3 N–H and O–H groups in total. The van der Waals surface area contributed by atoms with Crippen LogP contribution < -0.4 is 20.3 Å². The lowest BCUT2D eigenvalue weighted by molar-refractivity contribution is 0.594. The summed E-state index contributed by atoms with van der Waals surface area (Å²) >= 11 is 0. The highest BCUT2D eigenvalue weighted by atomic mass is 32.2. The number of hydrogen-bond acceptors (Lipinski definition) is 5. The second kappa shape index (κ2) is 7.33. The summed E-state index contributed by atoms with van der Waals surface area (Å²) in [7, 11) is -2.10. The Morgan fingerprint density at radius 3 is 2.56 bits per heavy atom. The van der Waals surface area contributed by atoms with Crippen molar-refractivity contribution in [3.8, 4) is 0 Å². The van der Waals surface area contributed by atoms with Gasteiger partial charge in [-0.25, -0.2) is 8.42 Å². The summed E-state index contributed by atoms with van der Waals surface area (Å²) in [6, 6.07) is 14.0. The Kier molecular flexibility index (Phi) is 5.15. The molecule has 1 aliphatic heterocycles. The molecule has 1 heterocycles. The van der Waals surface area contributed by atoms with Crippen LogP contribution >= 0.6 is 0 Å². The Balaban J connectivity index is 1.89. The zero-order chi connectivity index (χ0) is 17.9. The van der Waals surface area contributed by atoms with E-state index in [1.54, 1.807) is 31.3 Å². The van der Waals surface area contributed by atoms with E-state index in [-0.39, 0.29) is 4.90 Å². The average molecular weight is 360 g/mol. The van der Waals surface area contributed by atoms with E-state index < -0.39 is 10.0 Å².